The van der Waals surface area contributed by atoms with Gasteiger partial charge in [0, 0.05) is 23.7 Å². The minimum absolute atomic E-state index is 0.561. The molecule has 2 N–H and O–H groups in total. The molecule has 3 aromatic rings. The minimum Gasteiger partial charge on any atom is -0.383 e. The van der Waals surface area contributed by atoms with E-state index in [4.69, 9.17) is 33.9 Å². The molecule has 1 aliphatic heterocycles. The van der Waals surface area contributed by atoms with E-state index in [2.05, 4.69) is 16.9 Å². The molecular formula is C17H16Cl2N4S2. The van der Waals surface area contributed by atoms with Crippen LogP contribution in [0.5, 0.6) is 0 Å². The number of halogens is 2. The third-order valence-corrected chi connectivity index (χ3v) is 7.02. The number of thiophene rings is 1. The van der Waals surface area contributed by atoms with E-state index in [0.29, 0.717) is 21.0 Å². The molecule has 1 aromatic carbocycles. The minimum atomic E-state index is 0.561. The van der Waals surface area contributed by atoms with Gasteiger partial charge in [-0.15, -0.1) is 11.3 Å². The van der Waals surface area contributed by atoms with Crippen molar-refractivity contribution in [1.82, 2.24) is 14.9 Å². The van der Waals surface area contributed by atoms with Crippen LogP contribution in [0, 0.1) is 0 Å². The first-order valence-corrected chi connectivity index (χ1v) is 10.4. The summed E-state index contributed by atoms with van der Waals surface area (Å²) in [6.45, 7) is 2.01. The lowest BCUT2D eigenvalue weighted by Gasteiger charge is -2.22. The molecule has 0 amide bonds. The van der Waals surface area contributed by atoms with Gasteiger partial charge in [-0.3, -0.25) is 0 Å². The van der Waals surface area contributed by atoms with Gasteiger partial charge in [0.25, 0.3) is 0 Å². The quantitative estimate of drug-likeness (QED) is 0.493. The SMILES string of the molecule is CN1CCc2c(sc3nc(SCc4ccc(Cl)c(Cl)c4)nc(N)c23)C1. The predicted octanol–water partition coefficient (Wildman–Crippen LogP) is 4.86. The lowest BCUT2D eigenvalue weighted by Crippen LogP contribution is -2.25. The largest absolute Gasteiger partial charge is 0.383 e. The Morgan fingerprint density at radius 3 is 2.92 bits per heavy atom. The van der Waals surface area contributed by atoms with Crippen LogP contribution >= 0.6 is 46.3 Å². The number of nitrogens with zero attached hydrogens (tertiary/aromatic N) is 3. The molecule has 0 atom stereocenters. The predicted molar refractivity (Wildman–Crippen MR) is 108 cm³/mol. The first-order chi connectivity index (χ1) is 12.0. The molecule has 4 nitrogen and oxygen atoms in total. The highest BCUT2D eigenvalue weighted by Crippen LogP contribution is 2.37. The van der Waals surface area contributed by atoms with Gasteiger partial charge in [-0.2, -0.15) is 0 Å². The van der Waals surface area contributed by atoms with E-state index in [9.17, 15) is 0 Å². The van der Waals surface area contributed by atoms with E-state index in [0.717, 1.165) is 41.0 Å². The molecule has 0 fully saturated rings. The van der Waals surface area contributed by atoms with E-state index >= 15 is 0 Å². The monoisotopic (exact) mass is 410 g/mol. The van der Waals surface area contributed by atoms with Crippen molar-refractivity contribution in [3.8, 4) is 0 Å². The number of aromatic nitrogens is 2. The van der Waals surface area contributed by atoms with Crippen LogP contribution in [0.25, 0.3) is 10.2 Å². The van der Waals surface area contributed by atoms with Gasteiger partial charge in [-0.25, -0.2) is 9.97 Å². The molecule has 2 aromatic heterocycles. The molecular weight excluding hydrogens is 395 g/mol. The van der Waals surface area contributed by atoms with Crippen LogP contribution in [0.15, 0.2) is 23.4 Å². The van der Waals surface area contributed by atoms with Crippen LogP contribution in [-0.2, 0) is 18.7 Å². The summed E-state index contributed by atoms with van der Waals surface area (Å²) in [5.41, 5.74) is 8.67. The second-order valence-corrected chi connectivity index (χ2v) is 8.94. The van der Waals surface area contributed by atoms with E-state index in [1.165, 1.54) is 10.4 Å². The summed E-state index contributed by atoms with van der Waals surface area (Å²) in [5.74, 6) is 1.30. The highest BCUT2D eigenvalue weighted by Gasteiger charge is 2.22. The van der Waals surface area contributed by atoms with Gasteiger partial charge in [0.15, 0.2) is 5.16 Å². The Hall–Kier alpha value is -1.05. The maximum Gasteiger partial charge on any atom is 0.191 e. The van der Waals surface area contributed by atoms with Crippen molar-refractivity contribution in [2.75, 3.05) is 19.3 Å². The van der Waals surface area contributed by atoms with E-state index in [1.807, 2.05) is 18.2 Å². The molecule has 8 heteroatoms. The average molecular weight is 411 g/mol. The average Bonchev–Trinajstić information content (AvgIpc) is 2.93. The molecule has 0 saturated carbocycles. The van der Waals surface area contributed by atoms with Crippen molar-refractivity contribution in [3.63, 3.8) is 0 Å². The Kier molecular flexibility index (Phi) is 4.81. The Bertz CT molecular complexity index is 957. The number of hydrogen-bond acceptors (Lipinski definition) is 6. The summed E-state index contributed by atoms with van der Waals surface area (Å²) in [5, 5.41) is 2.87. The number of fused-ring (bicyclic) bond motifs is 3. The van der Waals surface area contributed by atoms with Gasteiger partial charge in [-0.1, -0.05) is 41.0 Å². The highest BCUT2D eigenvalue weighted by atomic mass is 35.5. The summed E-state index contributed by atoms with van der Waals surface area (Å²) in [6.07, 6.45) is 1.01. The van der Waals surface area contributed by atoms with Gasteiger partial charge >= 0.3 is 0 Å². The van der Waals surface area contributed by atoms with Crippen LogP contribution in [-0.4, -0.2) is 28.5 Å². The lowest BCUT2D eigenvalue weighted by atomic mass is 10.1. The fraction of sp³-hybridized carbons (Fsp3) is 0.294. The molecule has 0 spiro atoms. The Labute approximate surface area is 164 Å². The molecule has 25 heavy (non-hydrogen) atoms. The van der Waals surface area contributed by atoms with Crippen molar-refractivity contribution < 1.29 is 0 Å². The second kappa shape index (κ2) is 6.93. The zero-order valence-corrected chi connectivity index (χ0v) is 16.7. The molecule has 1 aliphatic rings. The van der Waals surface area contributed by atoms with Gasteiger partial charge < -0.3 is 10.6 Å². The number of likely N-dealkylation sites (N-methyl/N-ethyl adjacent to an activating group) is 1. The topological polar surface area (TPSA) is 55.0 Å². The smallest absolute Gasteiger partial charge is 0.191 e. The van der Waals surface area contributed by atoms with Gasteiger partial charge in [-0.05, 0) is 36.7 Å². The van der Waals surface area contributed by atoms with Crippen LogP contribution in [0.4, 0.5) is 5.82 Å². The summed E-state index contributed by atoms with van der Waals surface area (Å²) in [7, 11) is 2.14. The number of nitrogens with two attached hydrogens (primary N) is 1. The summed E-state index contributed by atoms with van der Waals surface area (Å²) in [4.78, 5) is 13.9. The molecule has 4 rings (SSSR count). The van der Waals surface area contributed by atoms with Crippen molar-refractivity contribution in [2.24, 2.45) is 0 Å². The zero-order valence-electron chi connectivity index (χ0n) is 13.6. The molecule has 0 bridgehead atoms. The van der Waals surface area contributed by atoms with Crippen LogP contribution in [0.1, 0.15) is 16.0 Å². The first-order valence-electron chi connectivity index (χ1n) is 7.84. The zero-order chi connectivity index (χ0) is 17.6. The number of anilines is 1. The molecule has 0 radical (unpaired) electrons. The van der Waals surface area contributed by atoms with Crippen LogP contribution < -0.4 is 5.73 Å². The maximum absolute atomic E-state index is 6.26. The number of rotatable bonds is 3. The number of nitrogen functional groups attached to an aromatic ring is 1. The van der Waals surface area contributed by atoms with Crippen LogP contribution in [0.2, 0.25) is 10.0 Å². The van der Waals surface area contributed by atoms with Crippen molar-refractivity contribution >= 4 is 62.3 Å². The Morgan fingerprint density at radius 2 is 2.12 bits per heavy atom. The lowest BCUT2D eigenvalue weighted by molar-refractivity contribution is 0.318. The fourth-order valence-corrected chi connectivity index (χ4v) is 5.45. The van der Waals surface area contributed by atoms with E-state index in [-0.39, 0.29) is 0 Å². The van der Waals surface area contributed by atoms with Crippen LogP contribution in [0.3, 0.4) is 0 Å². The molecule has 0 saturated heterocycles. The van der Waals surface area contributed by atoms with Crippen molar-refractivity contribution in [1.29, 1.82) is 0 Å². The van der Waals surface area contributed by atoms with Gasteiger partial charge in [0.1, 0.15) is 10.6 Å². The number of benzene rings is 1. The summed E-state index contributed by atoms with van der Waals surface area (Å²) in [6, 6.07) is 5.64. The number of thioether (sulfide) groups is 1. The highest BCUT2D eigenvalue weighted by molar-refractivity contribution is 7.98. The first kappa shape index (κ1) is 17.4. The Morgan fingerprint density at radius 1 is 1.28 bits per heavy atom. The molecule has 3 heterocycles. The van der Waals surface area contributed by atoms with E-state index < -0.39 is 0 Å². The second-order valence-electron chi connectivity index (χ2n) is 6.10. The summed E-state index contributed by atoms with van der Waals surface area (Å²) >= 11 is 15.3. The van der Waals surface area contributed by atoms with Crippen molar-refractivity contribution in [3.05, 3.63) is 44.2 Å². The third-order valence-electron chi connectivity index (χ3n) is 4.25. The third kappa shape index (κ3) is 3.46. The molecule has 0 aliphatic carbocycles. The van der Waals surface area contributed by atoms with Gasteiger partial charge in [0.2, 0.25) is 0 Å². The number of hydrogen-bond donors (Lipinski definition) is 1. The molecule has 0 unspecified atom stereocenters. The fourth-order valence-electron chi connectivity index (χ4n) is 2.97. The van der Waals surface area contributed by atoms with Gasteiger partial charge in [0.05, 0.1) is 15.4 Å². The van der Waals surface area contributed by atoms with Crippen molar-refractivity contribution in [2.45, 2.75) is 23.9 Å². The maximum atomic E-state index is 6.26. The van der Waals surface area contributed by atoms with E-state index in [1.54, 1.807) is 23.1 Å². The normalized spacial score (nSPS) is 14.8. The standard InChI is InChI=1S/C17H16Cl2N4S2/c1-23-5-4-10-13(7-23)25-16-14(10)15(20)21-17(22-16)24-8-9-2-3-11(18)12(19)6-9/h2-3,6H,4-5,7-8H2,1H3,(H2,20,21,22). The summed E-state index contributed by atoms with van der Waals surface area (Å²) < 4.78 is 0. The Balaban J connectivity index is 1.61. The molecule has 130 valence electrons.